The summed E-state index contributed by atoms with van der Waals surface area (Å²) in [7, 11) is 2.96. The highest BCUT2D eigenvalue weighted by molar-refractivity contribution is 6.15. The number of carbonyl (C=O) groups excluding carboxylic acids is 1. The van der Waals surface area contributed by atoms with Crippen LogP contribution >= 0.6 is 0 Å². The van der Waals surface area contributed by atoms with Crippen molar-refractivity contribution >= 4 is 11.9 Å². The Bertz CT molecular complexity index is 1350. The van der Waals surface area contributed by atoms with Gasteiger partial charge in [0.2, 0.25) is 11.6 Å². The van der Waals surface area contributed by atoms with E-state index in [-0.39, 0.29) is 22.8 Å². The summed E-state index contributed by atoms with van der Waals surface area (Å²) in [5.74, 6) is -9.61. The quantitative estimate of drug-likeness (QED) is 0.186. The minimum Gasteiger partial charge on any atom is -0.497 e. The van der Waals surface area contributed by atoms with Crippen LogP contribution in [0.25, 0.3) is 6.08 Å². The van der Waals surface area contributed by atoms with Crippen molar-refractivity contribution in [3.63, 3.8) is 0 Å². The van der Waals surface area contributed by atoms with E-state index in [1.807, 2.05) is 0 Å². The molecule has 0 unspecified atom stereocenters. The molecule has 5 nitrogen and oxygen atoms in total. The number of Topliss-reactive ketones (excluding diaryl/α,β-unsaturated/α-hetero) is 1. The summed E-state index contributed by atoms with van der Waals surface area (Å²) in [5.41, 5.74) is -0.0648. The summed E-state index contributed by atoms with van der Waals surface area (Å²) >= 11 is 0. The average molecular weight is 492 g/mol. The Labute approximate surface area is 196 Å². The van der Waals surface area contributed by atoms with Gasteiger partial charge in [0.05, 0.1) is 25.3 Å². The fourth-order valence-corrected chi connectivity index (χ4v) is 3.53. The average Bonchev–Trinajstić information content (AvgIpc) is 3.18. The third-order valence-corrected chi connectivity index (χ3v) is 5.44. The zero-order valence-corrected chi connectivity index (χ0v) is 18.6. The molecule has 0 N–H and O–H groups in total. The predicted molar refractivity (Wildman–Crippen MR) is 114 cm³/mol. The molecule has 3 aromatic carbocycles. The molecule has 1 heterocycles. The van der Waals surface area contributed by atoms with Crippen molar-refractivity contribution in [2.24, 2.45) is 0 Å². The van der Waals surface area contributed by atoms with Crippen LogP contribution in [0, 0.1) is 36.0 Å². The maximum atomic E-state index is 13.9. The van der Waals surface area contributed by atoms with Crippen LogP contribution in [0.3, 0.4) is 0 Å². The second-order valence-electron chi connectivity index (χ2n) is 7.45. The third kappa shape index (κ3) is 4.16. The second-order valence-corrected chi connectivity index (χ2v) is 7.45. The number of methoxy groups -OCH3 is 2. The maximum absolute atomic E-state index is 13.9. The number of rotatable bonds is 6. The van der Waals surface area contributed by atoms with E-state index in [9.17, 15) is 26.7 Å². The van der Waals surface area contributed by atoms with E-state index in [2.05, 4.69) is 0 Å². The Hall–Kier alpha value is -4.08. The second kappa shape index (κ2) is 9.28. The Balaban J connectivity index is 1.62. The van der Waals surface area contributed by atoms with E-state index in [1.165, 1.54) is 39.4 Å². The largest absolute Gasteiger partial charge is 0.497 e. The van der Waals surface area contributed by atoms with Gasteiger partial charge in [-0.1, -0.05) is 0 Å². The lowest BCUT2D eigenvalue weighted by Gasteiger charge is -2.13. The first-order valence-corrected chi connectivity index (χ1v) is 10.1. The highest BCUT2D eigenvalue weighted by Crippen LogP contribution is 2.40. The molecule has 0 saturated heterocycles. The molecule has 10 heteroatoms. The summed E-state index contributed by atoms with van der Waals surface area (Å²) in [6.07, 6.45) is 1.48. The number of hydrogen-bond acceptors (Lipinski definition) is 5. The molecule has 35 heavy (non-hydrogen) atoms. The lowest BCUT2D eigenvalue weighted by Crippen LogP contribution is -2.10. The SMILES string of the molecule is COc1ccc(/C=C2\Oc3c(ccc(OCc4c(F)c(F)c(F)c(F)c4F)c3C)C2=O)c(OC)c1. The van der Waals surface area contributed by atoms with E-state index in [0.29, 0.717) is 22.6 Å². The van der Waals surface area contributed by atoms with E-state index in [4.69, 9.17) is 18.9 Å². The zero-order valence-electron chi connectivity index (χ0n) is 18.6. The predicted octanol–water partition coefficient (Wildman–Crippen LogP) is 5.90. The lowest BCUT2D eigenvalue weighted by molar-refractivity contribution is 0.101. The molecule has 1 aliphatic rings. The van der Waals surface area contributed by atoms with E-state index < -0.39 is 47.0 Å². The zero-order chi connectivity index (χ0) is 25.4. The minimum absolute atomic E-state index is 0.0107. The molecule has 0 radical (unpaired) electrons. The van der Waals surface area contributed by atoms with Gasteiger partial charge < -0.3 is 18.9 Å². The number of ketones is 1. The molecule has 0 spiro atoms. The molecule has 0 amide bonds. The molecule has 0 atom stereocenters. The molecule has 4 rings (SSSR count). The fraction of sp³-hybridized carbons (Fsp3) is 0.160. The summed E-state index contributed by atoms with van der Waals surface area (Å²) < 4.78 is 89.6. The normalized spacial score (nSPS) is 13.6. The monoisotopic (exact) mass is 492 g/mol. The van der Waals surface area contributed by atoms with Crippen LogP contribution < -0.4 is 18.9 Å². The van der Waals surface area contributed by atoms with Crippen LogP contribution in [0.4, 0.5) is 22.0 Å². The molecule has 0 saturated carbocycles. The summed E-state index contributed by atoms with van der Waals surface area (Å²) in [4.78, 5) is 12.8. The Kier molecular flexibility index (Phi) is 6.38. The van der Waals surface area contributed by atoms with Gasteiger partial charge in [0.25, 0.3) is 0 Å². The highest BCUT2D eigenvalue weighted by Gasteiger charge is 2.31. The van der Waals surface area contributed by atoms with Crippen molar-refractivity contribution in [1.82, 2.24) is 0 Å². The van der Waals surface area contributed by atoms with Gasteiger partial charge >= 0.3 is 0 Å². The first-order chi connectivity index (χ1) is 16.7. The molecule has 0 fully saturated rings. The summed E-state index contributed by atoms with van der Waals surface area (Å²) in [5, 5.41) is 0. The highest BCUT2D eigenvalue weighted by atomic mass is 19.2. The van der Waals surface area contributed by atoms with Crippen molar-refractivity contribution in [1.29, 1.82) is 0 Å². The number of fused-ring (bicyclic) bond motifs is 1. The number of benzene rings is 3. The number of allylic oxidation sites excluding steroid dienone is 1. The summed E-state index contributed by atoms with van der Waals surface area (Å²) in [6.45, 7) is 0.585. The maximum Gasteiger partial charge on any atom is 0.231 e. The smallest absolute Gasteiger partial charge is 0.231 e. The molecule has 0 aromatic heterocycles. The van der Waals surface area contributed by atoms with Gasteiger partial charge in [-0.05, 0) is 37.3 Å². The van der Waals surface area contributed by atoms with Crippen LogP contribution in [0.2, 0.25) is 0 Å². The topological polar surface area (TPSA) is 54.0 Å². The lowest BCUT2D eigenvalue weighted by atomic mass is 10.1. The van der Waals surface area contributed by atoms with Crippen LogP contribution in [0.1, 0.15) is 27.0 Å². The van der Waals surface area contributed by atoms with Crippen molar-refractivity contribution < 1.29 is 45.7 Å². The van der Waals surface area contributed by atoms with Crippen LogP contribution in [0.5, 0.6) is 23.0 Å². The molecular weight excluding hydrogens is 475 g/mol. The van der Waals surface area contributed by atoms with Crippen molar-refractivity contribution in [3.8, 4) is 23.0 Å². The van der Waals surface area contributed by atoms with E-state index in [0.717, 1.165) is 0 Å². The van der Waals surface area contributed by atoms with Gasteiger partial charge in [-0.15, -0.1) is 0 Å². The Morgan fingerprint density at radius 1 is 0.857 bits per heavy atom. The number of carbonyl (C=O) groups is 1. The van der Waals surface area contributed by atoms with Gasteiger partial charge in [0.1, 0.15) is 29.6 Å². The first-order valence-electron chi connectivity index (χ1n) is 10.1. The van der Waals surface area contributed by atoms with E-state index in [1.54, 1.807) is 18.2 Å². The Morgan fingerprint density at radius 2 is 1.51 bits per heavy atom. The number of halogens is 5. The van der Waals surface area contributed by atoms with Crippen LogP contribution in [0.15, 0.2) is 36.1 Å². The van der Waals surface area contributed by atoms with Crippen molar-refractivity contribution in [2.75, 3.05) is 14.2 Å². The molecule has 182 valence electrons. The fourth-order valence-electron chi connectivity index (χ4n) is 3.53. The molecule has 0 bridgehead atoms. The first kappa shape index (κ1) is 24.1. The van der Waals surface area contributed by atoms with E-state index >= 15 is 0 Å². The molecule has 1 aliphatic heterocycles. The van der Waals surface area contributed by atoms with Gasteiger partial charge in [-0.2, -0.15) is 0 Å². The Morgan fingerprint density at radius 3 is 2.14 bits per heavy atom. The molecule has 0 aliphatic carbocycles. The summed E-state index contributed by atoms with van der Waals surface area (Å²) in [6, 6.07) is 7.71. The minimum atomic E-state index is -2.25. The molecule has 3 aromatic rings. The van der Waals surface area contributed by atoms with Crippen LogP contribution in [-0.2, 0) is 6.61 Å². The molecular formula is C25H17F5O5. The van der Waals surface area contributed by atoms with Gasteiger partial charge in [-0.3, -0.25) is 4.79 Å². The number of hydrogen-bond donors (Lipinski definition) is 0. The van der Waals surface area contributed by atoms with Gasteiger partial charge in [0.15, 0.2) is 29.0 Å². The van der Waals surface area contributed by atoms with Crippen molar-refractivity contribution in [2.45, 2.75) is 13.5 Å². The van der Waals surface area contributed by atoms with Gasteiger partial charge in [-0.25, -0.2) is 22.0 Å². The van der Waals surface area contributed by atoms with Crippen LogP contribution in [-0.4, -0.2) is 20.0 Å². The number of ether oxygens (including phenoxy) is 4. The standard InChI is InChI=1S/C25H17F5O5/c1-11-16(34-10-15-19(26)21(28)23(30)22(29)20(15)27)7-6-14-24(31)18(35-25(11)14)8-12-4-5-13(32-2)9-17(12)33-3/h4-9H,10H2,1-3H3/b18-8-. The van der Waals surface area contributed by atoms with Crippen molar-refractivity contribution in [3.05, 3.63) is 87.4 Å². The third-order valence-electron chi connectivity index (χ3n) is 5.44. The van der Waals surface area contributed by atoms with Gasteiger partial charge in [0, 0.05) is 17.2 Å².